The molecule has 134 valence electrons. The number of amides is 1. The van der Waals surface area contributed by atoms with Crippen LogP contribution in [0.2, 0.25) is 0 Å². The second kappa shape index (κ2) is 7.39. The van der Waals surface area contributed by atoms with E-state index in [-0.39, 0.29) is 24.1 Å². The van der Waals surface area contributed by atoms with Crippen LogP contribution in [0.1, 0.15) is 29.8 Å². The highest BCUT2D eigenvalue weighted by Crippen LogP contribution is 2.19. The van der Waals surface area contributed by atoms with Gasteiger partial charge in [0.1, 0.15) is 5.75 Å². The molecule has 0 saturated carbocycles. The summed E-state index contributed by atoms with van der Waals surface area (Å²) in [6.45, 7) is 4.09. The quantitative estimate of drug-likeness (QED) is 0.767. The van der Waals surface area contributed by atoms with E-state index in [9.17, 15) is 9.59 Å². The predicted molar refractivity (Wildman–Crippen MR) is 100 cm³/mol. The summed E-state index contributed by atoms with van der Waals surface area (Å²) >= 11 is 0. The summed E-state index contributed by atoms with van der Waals surface area (Å²) in [5.74, 6) is 0.550. The zero-order valence-corrected chi connectivity index (χ0v) is 15.0. The van der Waals surface area contributed by atoms with E-state index in [0.717, 1.165) is 5.39 Å². The molecule has 0 aliphatic rings. The van der Waals surface area contributed by atoms with Crippen LogP contribution >= 0.6 is 0 Å². The number of H-pyrrole nitrogens is 1. The average Bonchev–Trinajstić information content (AvgIpc) is 2.65. The van der Waals surface area contributed by atoms with Crippen molar-refractivity contribution in [2.75, 3.05) is 7.11 Å². The van der Waals surface area contributed by atoms with Crippen LogP contribution in [-0.4, -0.2) is 33.9 Å². The van der Waals surface area contributed by atoms with Crippen molar-refractivity contribution in [1.29, 1.82) is 0 Å². The van der Waals surface area contributed by atoms with E-state index in [1.807, 2.05) is 32.0 Å². The maximum Gasteiger partial charge on any atom is 0.254 e. The molecule has 0 saturated heterocycles. The number of methoxy groups -OCH3 is 1. The van der Waals surface area contributed by atoms with Crippen LogP contribution < -0.4 is 10.3 Å². The first kappa shape index (κ1) is 17.7. The molecule has 0 radical (unpaired) electrons. The number of rotatable bonds is 5. The summed E-state index contributed by atoms with van der Waals surface area (Å²) in [6.07, 6.45) is 3.17. The maximum atomic E-state index is 12.8. The summed E-state index contributed by atoms with van der Waals surface area (Å²) < 4.78 is 5.19. The van der Waals surface area contributed by atoms with Crippen molar-refractivity contribution in [1.82, 2.24) is 14.9 Å². The van der Waals surface area contributed by atoms with Crippen molar-refractivity contribution in [2.24, 2.45) is 0 Å². The van der Waals surface area contributed by atoms with Crippen LogP contribution in [0.3, 0.4) is 0 Å². The number of fused-ring (bicyclic) bond motifs is 1. The highest BCUT2D eigenvalue weighted by Gasteiger charge is 2.20. The smallest absolute Gasteiger partial charge is 0.254 e. The van der Waals surface area contributed by atoms with Gasteiger partial charge in [0, 0.05) is 35.6 Å². The molecule has 3 aromatic rings. The van der Waals surface area contributed by atoms with Gasteiger partial charge in [0.2, 0.25) is 0 Å². The third-order valence-corrected chi connectivity index (χ3v) is 4.28. The fourth-order valence-electron chi connectivity index (χ4n) is 2.80. The third-order valence-electron chi connectivity index (χ3n) is 4.28. The number of hydrogen-bond acceptors (Lipinski definition) is 4. The molecule has 0 spiro atoms. The van der Waals surface area contributed by atoms with Gasteiger partial charge in [-0.3, -0.25) is 14.6 Å². The molecule has 1 aromatic carbocycles. The number of nitrogens with one attached hydrogen (secondary N) is 1. The lowest BCUT2D eigenvalue weighted by Crippen LogP contribution is -2.38. The van der Waals surface area contributed by atoms with Gasteiger partial charge in [0.15, 0.2) is 0 Å². The first-order valence-corrected chi connectivity index (χ1v) is 8.40. The Hall–Kier alpha value is -3.15. The number of nitrogens with zero attached hydrogens (tertiary/aromatic N) is 2. The number of hydrogen-bond donors (Lipinski definition) is 1. The Labute approximate surface area is 151 Å². The third kappa shape index (κ3) is 3.59. The molecule has 0 aliphatic carbocycles. The number of aromatic nitrogens is 2. The van der Waals surface area contributed by atoms with Crippen LogP contribution in [0.4, 0.5) is 0 Å². The Balaban J connectivity index is 1.95. The lowest BCUT2D eigenvalue weighted by Gasteiger charge is -2.26. The van der Waals surface area contributed by atoms with Gasteiger partial charge >= 0.3 is 0 Å². The van der Waals surface area contributed by atoms with Crippen molar-refractivity contribution in [3.05, 3.63) is 70.3 Å². The zero-order chi connectivity index (χ0) is 18.7. The van der Waals surface area contributed by atoms with Gasteiger partial charge in [-0.05, 0) is 49.6 Å². The minimum absolute atomic E-state index is 0.0540. The molecule has 6 nitrogen and oxygen atoms in total. The number of pyridine rings is 2. The summed E-state index contributed by atoms with van der Waals surface area (Å²) in [6, 6.07) is 10.6. The van der Waals surface area contributed by atoms with Gasteiger partial charge in [-0.15, -0.1) is 0 Å². The van der Waals surface area contributed by atoms with Crippen LogP contribution in [-0.2, 0) is 6.54 Å². The van der Waals surface area contributed by atoms with E-state index in [1.165, 1.54) is 0 Å². The minimum Gasteiger partial charge on any atom is -0.497 e. The molecular formula is C20H21N3O3. The van der Waals surface area contributed by atoms with Crippen LogP contribution in [0.15, 0.2) is 53.6 Å². The van der Waals surface area contributed by atoms with Gasteiger partial charge in [0.25, 0.3) is 11.5 Å². The molecule has 1 amide bonds. The van der Waals surface area contributed by atoms with E-state index < -0.39 is 0 Å². The van der Waals surface area contributed by atoms with Crippen molar-refractivity contribution >= 4 is 16.8 Å². The van der Waals surface area contributed by atoms with E-state index in [1.54, 1.807) is 42.6 Å². The molecule has 2 aromatic heterocycles. The summed E-state index contributed by atoms with van der Waals surface area (Å²) in [7, 11) is 1.58. The lowest BCUT2D eigenvalue weighted by atomic mass is 10.1. The Kier molecular flexibility index (Phi) is 5.02. The van der Waals surface area contributed by atoms with Crippen molar-refractivity contribution in [3.63, 3.8) is 0 Å². The number of benzene rings is 1. The van der Waals surface area contributed by atoms with Gasteiger partial charge in [-0.25, -0.2) is 0 Å². The monoisotopic (exact) mass is 351 g/mol. The molecule has 0 atom stereocenters. The molecule has 2 heterocycles. The molecule has 1 N–H and O–H groups in total. The molecule has 3 rings (SSSR count). The highest BCUT2D eigenvalue weighted by molar-refractivity contribution is 5.94. The fraction of sp³-hybridized carbons (Fsp3) is 0.250. The van der Waals surface area contributed by atoms with E-state index in [4.69, 9.17) is 4.74 Å². The lowest BCUT2D eigenvalue weighted by molar-refractivity contribution is 0.0689. The SMILES string of the molecule is COc1ccc2cc(CN(C(=O)c3ccncc3)C(C)C)c(=O)[nH]c2c1. The Morgan fingerprint density at radius 1 is 1.19 bits per heavy atom. The van der Waals surface area contributed by atoms with Crippen molar-refractivity contribution in [3.8, 4) is 5.75 Å². The summed E-state index contributed by atoms with van der Waals surface area (Å²) in [5.41, 5.74) is 1.59. The molecule has 26 heavy (non-hydrogen) atoms. The molecule has 0 aliphatic heterocycles. The first-order valence-electron chi connectivity index (χ1n) is 8.40. The standard InChI is InChI=1S/C20H21N3O3/c1-13(2)23(20(25)14-6-8-21-9-7-14)12-16-10-15-4-5-17(26-3)11-18(15)22-19(16)24/h4-11,13H,12H2,1-3H3,(H,22,24). The molecular weight excluding hydrogens is 330 g/mol. The van der Waals surface area contributed by atoms with Crippen LogP contribution in [0.25, 0.3) is 10.9 Å². The van der Waals surface area contributed by atoms with Crippen LogP contribution in [0, 0.1) is 0 Å². The number of ether oxygens (including phenoxy) is 1. The molecule has 0 bridgehead atoms. The predicted octanol–water partition coefficient (Wildman–Crippen LogP) is 2.98. The summed E-state index contributed by atoms with van der Waals surface area (Å²) in [5, 5.41) is 0.889. The number of carbonyl (C=O) groups excluding carboxylic acids is 1. The zero-order valence-electron chi connectivity index (χ0n) is 15.0. The Morgan fingerprint density at radius 3 is 2.58 bits per heavy atom. The van der Waals surface area contributed by atoms with Crippen molar-refractivity contribution in [2.45, 2.75) is 26.4 Å². The van der Waals surface area contributed by atoms with Gasteiger partial charge in [-0.2, -0.15) is 0 Å². The minimum atomic E-state index is -0.209. The van der Waals surface area contributed by atoms with E-state index in [2.05, 4.69) is 9.97 Å². The Morgan fingerprint density at radius 2 is 1.92 bits per heavy atom. The molecule has 0 unspecified atom stereocenters. The fourth-order valence-corrected chi connectivity index (χ4v) is 2.80. The van der Waals surface area contributed by atoms with E-state index >= 15 is 0 Å². The number of aromatic amines is 1. The highest BCUT2D eigenvalue weighted by atomic mass is 16.5. The van der Waals surface area contributed by atoms with E-state index in [0.29, 0.717) is 22.4 Å². The topological polar surface area (TPSA) is 75.3 Å². The van der Waals surface area contributed by atoms with Crippen molar-refractivity contribution < 1.29 is 9.53 Å². The number of carbonyl (C=O) groups is 1. The Bertz CT molecular complexity index is 981. The second-order valence-corrected chi connectivity index (χ2v) is 6.34. The average molecular weight is 351 g/mol. The van der Waals surface area contributed by atoms with Gasteiger partial charge in [-0.1, -0.05) is 0 Å². The van der Waals surface area contributed by atoms with Gasteiger partial charge in [0.05, 0.1) is 19.2 Å². The summed E-state index contributed by atoms with van der Waals surface area (Å²) in [4.78, 5) is 33.8. The van der Waals surface area contributed by atoms with Gasteiger partial charge < -0.3 is 14.6 Å². The maximum absolute atomic E-state index is 12.8. The molecule has 0 fully saturated rings. The normalized spacial score (nSPS) is 10.9. The largest absolute Gasteiger partial charge is 0.497 e. The first-order chi connectivity index (χ1) is 12.5. The van der Waals surface area contributed by atoms with Crippen LogP contribution in [0.5, 0.6) is 5.75 Å². The molecule has 6 heteroatoms. The second-order valence-electron chi connectivity index (χ2n) is 6.34.